The van der Waals surface area contributed by atoms with E-state index in [9.17, 15) is 8.78 Å². The number of halogens is 2. The van der Waals surface area contributed by atoms with E-state index in [1.165, 1.54) is 0 Å². The van der Waals surface area contributed by atoms with Gasteiger partial charge in [0.05, 0.1) is 6.26 Å². The summed E-state index contributed by atoms with van der Waals surface area (Å²) >= 11 is 0. The summed E-state index contributed by atoms with van der Waals surface area (Å²) in [5, 5.41) is 3.15. The third-order valence-corrected chi connectivity index (χ3v) is 3.62. The molecule has 0 spiro atoms. The van der Waals surface area contributed by atoms with Crippen molar-refractivity contribution >= 4 is 0 Å². The van der Waals surface area contributed by atoms with Crippen LogP contribution in [0.5, 0.6) is 0 Å². The minimum atomic E-state index is -2.48. The second kappa shape index (κ2) is 5.17. The van der Waals surface area contributed by atoms with Crippen LogP contribution in [0.1, 0.15) is 31.4 Å². The first-order chi connectivity index (χ1) is 8.11. The van der Waals surface area contributed by atoms with Gasteiger partial charge in [-0.1, -0.05) is 0 Å². The summed E-state index contributed by atoms with van der Waals surface area (Å²) in [4.78, 5) is 0. The van der Waals surface area contributed by atoms with Crippen molar-refractivity contribution in [2.45, 2.75) is 44.1 Å². The van der Waals surface area contributed by atoms with E-state index >= 15 is 0 Å². The molecule has 0 saturated heterocycles. The molecule has 1 aliphatic carbocycles. The predicted octanol–water partition coefficient (Wildman–Crippen LogP) is 3.24. The van der Waals surface area contributed by atoms with Gasteiger partial charge in [0.1, 0.15) is 5.76 Å². The molecule has 1 fully saturated rings. The number of hydrogen-bond acceptors (Lipinski definition) is 2. The Bertz CT molecular complexity index is 337. The van der Waals surface area contributed by atoms with Crippen molar-refractivity contribution in [1.29, 1.82) is 0 Å². The molecule has 1 aliphatic rings. The lowest BCUT2D eigenvalue weighted by Gasteiger charge is -2.34. The highest BCUT2D eigenvalue weighted by atomic mass is 19.3. The van der Waals surface area contributed by atoms with Crippen LogP contribution in [-0.4, -0.2) is 19.0 Å². The van der Waals surface area contributed by atoms with Crippen LogP contribution in [0.15, 0.2) is 22.8 Å². The fourth-order valence-corrected chi connectivity index (χ4v) is 2.70. The smallest absolute Gasteiger partial charge is 0.248 e. The summed E-state index contributed by atoms with van der Waals surface area (Å²) in [6.45, 7) is 0. The highest BCUT2D eigenvalue weighted by molar-refractivity contribution is 5.02. The molecule has 96 valence electrons. The minimum Gasteiger partial charge on any atom is -0.469 e. The Labute approximate surface area is 100 Å². The molecule has 0 aliphatic heterocycles. The maximum Gasteiger partial charge on any atom is 0.248 e. The topological polar surface area (TPSA) is 25.2 Å². The van der Waals surface area contributed by atoms with Crippen molar-refractivity contribution in [3.63, 3.8) is 0 Å². The van der Waals surface area contributed by atoms with Gasteiger partial charge in [-0.15, -0.1) is 0 Å². The number of hydrogen-bond donors (Lipinski definition) is 1. The first-order valence-corrected chi connectivity index (χ1v) is 6.18. The normalized spacial score (nSPS) is 25.7. The molecular weight excluding hydrogens is 224 g/mol. The Morgan fingerprint density at radius 3 is 3.00 bits per heavy atom. The number of likely N-dealkylation sites (N-methyl/N-ethyl adjacent to an activating group) is 1. The highest BCUT2D eigenvalue weighted by Gasteiger charge is 2.39. The average Bonchev–Trinajstić information content (AvgIpc) is 2.77. The van der Waals surface area contributed by atoms with Gasteiger partial charge in [0.15, 0.2) is 0 Å². The molecule has 1 aromatic heterocycles. The molecule has 2 atom stereocenters. The Morgan fingerprint density at radius 1 is 1.59 bits per heavy atom. The highest BCUT2D eigenvalue weighted by Crippen LogP contribution is 2.38. The van der Waals surface area contributed by atoms with Crippen LogP contribution in [-0.2, 0) is 6.42 Å². The summed E-state index contributed by atoms with van der Waals surface area (Å²) in [5.74, 6) is -1.59. The molecule has 4 heteroatoms. The summed E-state index contributed by atoms with van der Waals surface area (Å²) in [6.07, 6.45) is 3.84. The van der Waals surface area contributed by atoms with E-state index in [0.717, 1.165) is 12.2 Å². The number of rotatable bonds is 4. The Balaban J connectivity index is 1.98. The van der Waals surface area contributed by atoms with Crippen molar-refractivity contribution in [3.8, 4) is 0 Å². The second-order valence-electron chi connectivity index (χ2n) is 4.89. The molecule has 1 saturated carbocycles. The lowest BCUT2D eigenvalue weighted by atomic mass is 9.80. The molecule has 2 unspecified atom stereocenters. The van der Waals surface area contributed by atoms with E-state index < -0.39 is 5.92 Å². The zero-order valence-electron chi connectivity index (χ0n) is 10.1. The van der Waals surface area contributed by atoms with Crippen LogP contribution in [0.25, 0.3) is 0 Å². The zero-order chi connectivity index (χ0) is 12.3. The van der Waals surface area contributed by atoms with E-state index in [1.54, 1.807) is 6.26 Å². The Kier molecular flexibility index (Phi) is 3.82. The fourth-order valence-electron chi connectivity index (χ4n) is 2.70. The molecule has 0 radical (unpaired) electrons. The van der Waals surface area contributed by atoms with Gasteiger partial charge in [0.25, 0.3) is 0 Å². The molecule has 1 heterocycles. The van der Waals surface area contributed by atoms with Crippen molar-refractivity contribution in [1.82, 2.24) is 5.32 Å². The van der Waals surface area contributed by atoms with Crippen molar-refractivity contribution < 1.29 is 13.2 Å². The van der Waals surface area contributed by atoms with Crippen LogP contribution in [0, 0.1) is 5.92 Å². The summed E-state index contributed by atoms with van der Waals surface area (Å²) in [6, 6.07) is 3.80. The summed E-state index contributed by atoms with van der Waals surface area (Å²) in [7, 11) is 1.83. The van der Waals surface area contributed by atoms with Gasteiger partial charge in [-0.2, -0.15) is 0 Å². The van der Waals surface area contributed by atoms with Gasteiger partial charge in [0, 0.05) is 25.3 Å². The third kappa shape index (κ3) is 3.28. The van der Waals surface area contributed by atoms with Gasteiger partial charge >= 0.3 is 0 Å². The minimum absolute atomic E-state index is 0.000779. The van der Waals surface area contributed by atoms with E-state index in [2.05, 4.69) is 5.32 Å². The maximum atomic E-state index is 13.4. The molecule has 0 aromatic carbocycles. The molecule has 0 amide bonds. The molecule has 17 heavy (non-hydrogen) atoms. The SMILES string of the molecule is CNC(Cc1ccco1)C1CCCC(F)(F)C1. The van der Waals surface area contributed by atoms with Crippen LogP contribution >= 0.6 is 0 Å². The lowest BCUT2D eigenvalue weighted by Crippen LogP contribution is -2.41. The summed E-state index contributed by atoms with van der Waals surface area (Å²) < 4.78 is 32.0. The van der Waals surface area contributed by atoms with Crippen LogP contribution < -0.4 is 5.32 Å². The van der Waals surface area contributed by atoms with E-state index in [4.69, 9.17) is 4.42 Å². The third-order valence-electron chi connectivity index (χ3n) is 3.62. The van der Waals surface area contributed by atoms with Gasteiger partial charge in [-0.25, -0.2) is 8.78 Å². The first kappa shape index (κ1) is 12.6. The van der Waals surface area contributed by atoms with Gasteiger partial charge in [-0.05, 0) is 37.9 Å². The molecule has 1 aromatic rings. The van der Waals surface area contributed by atoms with Gasteiger partial charge < -0.3 is 9.73 Å². The summed E-state index contributed by atoms with van der Waals surface area (Å²) in [5.41, 5.74) is 0. The van der Waals surface area contributed by atoms with Gasteiger partial charge in [-0.3, -0.25) is 0 Å². The second-order valence-corrected chi connectivity index (χ2v) is 4.89. The maximum absolute atomic E-state index is 13.4. The molecule has 2 nitrogen and oxygen atoms in total. The predicted molar refractivity (Wildman–Crippen MR) is 62.2 cm³/mol. The van der Waals surface area contributed by atoms with Crippen molar-refractivity contribution in [3.05, 3.63) is 24.2 Å². The molecule has 2 rings (SSSR count). The lowest BCUT2D eigenvalue weighted by molar-refractivity contribution is -0.0579. The van der Waals surface area contributed by atoms with Crippen molar-refractivity contribution in [2.24, 2.45) is 5.92 Å². The Hall–Kier alpha value is -0.900. The standard InChI is InChI=1S/C13H19F2NO/c1-16-12(8-11-5-3-7-17-11)10-4-2-6-13(14,15)9-10/h3,5,7,10,12,16H,2,4,6,8-9H2,1H3. The van der Waals surface area contributed by atoms with Gasteiger partial charge in [0.2, 0.25) is 5.92 Å². The van der Waals surface area contributed by atoms with Crippen LogP contribution in [0.4, 0.5) is 8.78 Å². The fraction of sp³-hybridized carbons (Fsp3) is 0.692. The number of furan rings is 1. The van der Waals surface area contributed by atoms with Crippen molar-refractivity contribution in [2.75, 3.05) is 7.05 Å². The quantitative estimate of drug-likeness (QED) is 0.878. The average molecular weight is 243 g/mol. The van der Waals surface area contributed by atoms with E-state index in [-0.39, 0.29) is 24.8 Å². The van der Waals surface area contributed by atoms with E-state index in [0.29, 0.717) is 12.8 Å². The Morgan fingerprint density at radius 2 is 2.41 bits per heavy atom. The van der Waals surface area contributed by atoms with Crippen LogP contribution in [0.3, 0.4) is 0 Å². The number of nitrogens with one attached hydrogen (secondary N) is 1. The molecular formula is C13H19F2NO. The zero-order valence-corrected chi connectivity index (χ0v) is 10.1. The largest absolute Gasteiger partial charge is 0.469 e. The number of alkyl halides is 2. The molecule has 1 N–H and O–H groups in total. The molecule has 0 bridgehead atoms. The van der Waals surface area contributed by atoms with E-state index in [1.807, 2.05) is 19.2 Å². The monoisotopic (exact) mass is 243 g/mol. The first-order valence-electron chi connectivity index (χ1n) is 6.18. The van der Waals surface area contributed by atoms with Crippen LogP contribution in [0.2, 0.25) is 0 Å².